The second-order valence-electron chi connectivity index (χ2n) is 4.80. The van der Waals surface area contributed by atoms with Crippen LogP contribution in [0.2, 0.25) is 0 Å². The van der Waals surface area contributed by atoms with Crippen molar-refractivity contribution in [1.82, 2.24) is 5.32 Å². The fraction of sp³-hybridized carbons (Fsp3) is 0.571. The number of ether oxygens (including phenoxy) is 3. The van der Waals surface area contributed by atoms with Gasteiger partial charge in [0.25, 0.3) is 0 Å². The van der Waals surface area contributed by atoms with Gasteiger partial charge in [-0.15, -0.1) is 0 Å². The van der Waals surface area contributed by atoms with E-state index < -0.39 is 4.92 Å². The summed E-state index contributed by atoms with van der Waals surface area (Å²) in [7, 11) is 3.33. The molecule has 0 bridgehead atoms. The predicted molar refractivity (Wildman–Crippen MR) is 76.9 cm³/mol. The molecule has 0 saturated heterocycles. The summed E-state index contributed by atoms with van der Waals surface area (Å²) < 4.78 is 16.4. The molecule has 1 saturated carbocycles. The van der Waals surface area contributed by atoms with Crippen LogP contribution in [0.15, 0.2) is 18.2 Å². The Bertz CT molecular complexity index is 508. The molecule has 3 unspecified atom stereocenters. The van der Waals surface area contributed by atoms with Gasteiger partial charge in [0.2, 0.25) is 0 Å². The lowest BCUT2D eigenvalue weighted by Gasteiger charge is -2.43. The van der Waals surface area contributed by atoms with Crippen molar-refractivity contribution in [3.63, 3.8) is 0 Å². The number of hydrogen-bond donors (Lipinski definition) is 1. The van der Waals surface area contributed by atoms with Gasteiger partial charge in [-0.3, -0.25) is 10.1 Å². The minimum Gasteiger partial charge on any atom is -0.496 e. The number of methoxy groups -OCH3 is 1. The highest BCUT2D eigenvalue weighted by Crippen LogP contribution is 2.35. The number of nitro benzene ring substituents is 1. The van der Waals surface area contributed by atoms with Gasteiger partial charge < -0.3 is 19.5 Å². The van der Waals surface area contributed by atoms with Crippen molar-refractivity contribution in [2.24, 2.45) is 0 Å². The van der Waals surface area contributed by atoms with Gasteiger partial charge in [-0.2, -0.15) is 0 Å². The van der Waals surface area contributed by atoms with Gasteiger partial charge in [0.1, 0.15) is 18.0 Å². The van der Waals surface area contributed by atoms with E-state index in [2.05, 4.69) is 5.32 Å². The van der Waals surface area contributed by atoms with Crippen LogP contribution in [0, 0.1) is 10.1 Å². The second kappa shape index (κ2) is 6.73. The highest BCUT2D eigenvalue weighted by Gasteiger charge is 2.43. The van der Waals surface area contributed by atoms with Crippen molar-refractivity contribution in [2.45, 2.75) is 31.6 Å². The zero-order valence-corrected chi connectivity index (χ0v) is 12.4. The van der Waals surface area contributed by atoms with Crippen LogP contribution in [0.3, 0.4) is 0 Å². The van der Waals surface area contributed by atoms with Crippen LogP contribution in [0.4, 0.5) is 5.69 Å². The molecule has 7 nitrogen and oxygen atoms in total. The van der Waals surface area contributed by atoms with E-state index in [4.69, 9.17) is 14.2 Å². The van der Waals surface area contributed by atoms with Crippen molar-refractivity contribution < 1.29 is 19.1 Å². The van der Waals surface area contributed by atoms with E-state index in [0.717, 1.165) is 6.42 Å². The van der Waals surface area contributed by atoms with Crippen molar-refractivity contribution in [2.75, 3.05) is 20.8 Å². The maximum absolute atomic E-state index is 11.1. The van der Waals surface area contributed by atoms with E-state index in [1.54, 1.807) is 12.1 Å². The molecule has 0 aromatic heterocycles. The van der Waals surface area contributed by atoms with Crippen molar-refractivity contribution in [1.29, 1.82) is 0 Å². The zero-order chi connectivity index (χ0) is 15.4. The Morgan fingerprint density at radius 3 is 2.81 bits per heavy atom. The molecule has 1 fully saturated rings. The smallest absolute Gasteiger partial charge is 0.314 e. The third-order valence-electron chi connectivity index (χ3n) is 3.62. The molecule has 116 valence electrons. The number of likely N-dealkylation sites (N-methyl/N-ethyl adjacent to an activating group) is 1. The first-order valence-corrected chi connectivity index (χ1v) is 6.88. The van der Waals surface area contributed by atoms with E-state index >= 15 is 0 Å². The quantitative estimate of drug-likeness (QED) is 0.609. The molecule has 21 heavy (non-hydrogen) atoms. The number of hydrogen-bond acceptors (Lipinski definition) is 6. The molecule has 2 rings (SSSR count). The van der Waals surface area contributed by atoms with Crippen LogP contribution in [-0.4, -0.2) is 43.9 Å². The molecular weight excluding hydrogens is 276 g/mol. The highest BCUT2D eigenvalue weighted by atomic mass is 16.6. The van der Waals surface area contributed by atoms with Crippen LogP contribution in [0.1, 0.15) is 13.3 Å². The van der Waals surface area contributed by atoms with Crippen molar-refractivity contribution in [3.8, 4) is 11.5 Å². The third-order valence-corrected chi connectivity index (χ3v) is 3.62. The molecular formula is C14H20N2O5. The van der Waals surface area contributed by atoms with Gasteiger partial charge in [0.15, 0.2) is 5.75 Å². The lowest BCUT2D eigenvalue weighted by atomic mass is 9.85. The van der Waals surface area contributed by atoms with Gasteiger partial charge in [0, 0.05) is 19.1 Å². The Morgan fingerprint density at radius 1 is 1.48 bits per heavy atom. The SMILES string of the molecule is CCOC1C(NC)CC1Oc1ccc(OC)cc1[N+](=O)[O-]. The molecule has 0 radical (unpaired) electrons. The number of nitrogens with one attached hydrogen (secondary N) is 1. The van der Waals surface area contributed by atoms with Crippen LogP contribution < -0.4 is 14.8 Å². The largest absolute Gasteiger partial charge is 0.496 e. The number of nitro groups is 1. The fourth-order valence-electron chi connectivity index (χ4n) is 2.42. The summed E-state index contributed by atoms with van der Waals surface area (Å²) in [5.41, 5.74) is -0.0995. The Morgan fingerprint density at radius 2 is 2.24 bits per heavy atom. The molecule has 0 heterocycles. The maximum atomic E-state index is 11.1. The summed E-state index contributed by atoms with van der Waals surface area (Å²) in [5, 5.41) is 14.3. The van der Waals surface area contributed by atoms with E-state index in [9.17, 15) is 10.1 Å². The molecule has 1 aliphatic carbocycles. The Labute approximate surface area is 123 Å². The average molecular weight is 296 g/mol. The van der Waals surface area contributed by atoms with Crippen LogP contribution in [0.5, 0.6) is 11.5 Å². The summed E-state index contributed by atoms with van der Waals surface area (Å²) in [4.78, 5) is 10.7. The van der Waals surface area contributed by atoms with Gasteiger partial charge in [-0.05, 0) is 26.1 Å². The molecule has 1 aromatic carbocycles. The summed E-state index contributed by atoms with van der Waals surface area (Å²) in [6.45, 7) is 2.49. The first-order chi connectivity index (χ1) is 10.1. The second-order valence-corrected chi connectivity index (χ2v) is 4.80. The molecule has 1 aromatic rings. The number of benzene rings is 1. The molecule has 1 N–H and O–H groups in total. The Kier molecular flexibility index (Phi) is 4.98. The normalized spacial score (nSPS) is 24.2. The van der Waals surface area contributed by atoms with Crippen LogP contribution in [0.25, 0.3) is 0 Å². The van der Waals surface area contributed by atoms with E-state index in [1.807, 2.05) is 14.0 Å². The fourth-order valence-corrected chi connectivity index (χ4v) is 2.42. The molecule has 7 heteroatoms. The molecule has 0 aliphatic heterocycles. The lowest BCUT2D eigenvalue weighted by Crippen LogP contribution is -2.60. The average Bonchev–Trinajstić information content (AvgIpc) is 2.48. The van der Waals surface area contributed by atoms with Gasteiger partial charge in [0.05, 0.1) is 18.1 Å². The van der Waals surface area contributed by atoms with Gasteiger partial charge >= 0.3 is 5.69 Å². The summed E-state index contributed by atoms with van der Waals surface area (Å²) >= 11 is 0. The predicted octanol–water partition coefficient (Wildman–Crippen LogP) is 1.75. The topological polar surface area (TPSA) is 82.9 Å². The van der Waals surface area contributed by atoms with E-state index in [-0.39, 0.29) is 29.7 Å². The number of rotatable bonds is 7. The molecule has 3 atom stereocenters. The molecule has 1 aliphatic rings. The summed E-state index contributed by atoms with van der Waals surface area (Å²) in [5.74, 6) is 0.669. The van der Waals surface area contributed by atoms with Crippen molar-refractivity contribution in [3.05, 3.63) is 28.3 Å². The minimum atomic E-state index is -0.470. The lowest BCUT2D eigenvalue weighted by molar-refractivity contribution is -0.386. The molecule has 0 spiro atoms. The van der Waals surface area contributed by atoms with E-state index in [1.165, 1.54) is 13.2 Å². The van der Waals surface area contributed by atoms with Crippen molar-refractivity contribution >= 4 is 5.69 Å². The van der Waals surface area contributed by atoms with Gasteiger partial charge in [-0.25, -0.2) is 0 Å². The monoisotopic (exact) mass is 296 g/mol. The first kappa shape index (κ1) is 15.5. The third kappa shape index (κ3) is 3.25. The zero-order valence-electron chi connectivity index (χ0n) is 12.4. The Balaban J connectivity index is 2.14. The maximum Gasteiger partial charge on any atom is 0.314 e. The molecule has 0 amide bonds. The Hall–Kier alpha value is -1.86. The standard InChI is InChI=1S/C14H20N2O5/c1-4-20-14-10(15-2)8-13(14)21-12-6-5-9(19-3)7-11(12)16(17)18/h5-7,10,13-15H,4,8H2,1-3H3. The number of nitrogens with zero attached hydrogens (tertiary/aromatic N) is 1. The summed E-state index contributed by atoms with van der Waals surface area (Å²) in [6, 6.07) is 4.78. The minimum absolute atomic E-state index is 0.0956. The van der Waals surface area contributed by atoms with Gasteiger partial charge in [-0.1, -0.05) is 0 Å². The van der Waals surface area contributed by atoms with Crippen LogP contribution in [-0.2, 0) is 4.74 Å². The highest BCUT2D eigenvalue weighted by molar-refractivity contribution is 5.51. The van der Waals surface area contributed by atoms with Crippen LogP contribution >= 0.6 is 0 Å². The summed E-state index contributed by atoms with van der Waals surface area (Å²) in [6.07, 6.45) is 0.473. The van der Waals surface area contributed by atoms with E-state index in [0.29, 0.717) is 12.4 Å². The first-order valence-electron chi connectivity index (χ1n) is 6.88.